The Morgan fingerprint density at radius 3 is 2.53 bits per heavy atom. The van der Waals surface area contributed by atoms with Gasteiger partial charge in [-0.1, -0.05) is 44.0 Å². The number of aryl methyl sites for hydroxylation is 1. The second-order valence-electron chi connectivity index (χ2n) is 4.41. The van der Waals surface area contributed by atoms with Crippen molar-refractivity contribution in [3.8, 4) is 11.5 Å². The molecule has 0 amide bonds. The van der Waals surface area contributed by atoms with Crippen LogP contribution < -0.4 is 0 Å². The average Bonchev–Trinajstić information content (AvgIpc) is 2.35. The van der Waals surface area contributed by atoms with Crippen molar-refractivity contribution in [3.05, 3.63) is 35.9 Å². The number of rotatable bonds is 4. The van der Waals surface area contributed by atoms with Crippen LogP contribution in [-0.2, 0) is 6.42 Å². The first-order valence-corrected chi connectivity index (χ1v) is 6.16. The minimum atomic E-state index is 0.00889. The Morgan fingerprint density at radius 1 is 1.00 bits per heavy atom. The molecule has 0 radical (unpaired) electrons. The summed E-state index contributed by atoms with van der Waals surface area (Å²) in [7, 11) is 0. The van der Waals surface area contributed by atoms with Gasteiger partial charge in [-0.25, -0.2) is 0 Å². The second kappa shape index (κ2) is 5.09. The number of aromatic hydroxyl groups is 2. The molecule has 0 aliphatic carbocycles. The molecular formula is C15H18O2. The van der Waals surface area contributed by atoms with E-state index in [1.807, 2.05) is 30.3 Å². The van der Waals surface area contributed by atoms with E-state index in [1.54, 1.807) is 0 Å². The van der Waals surface area contributed by atoms with Crippen LogP contribution in [0.3, 0.4) is 0 Å². The van der Waals surface area contributed by atoms with E-state index in [0.717, 1.165) is 36.6 Å². The summed E-state index contributed by atoms with van der Waals surface area (Å²) in [5, 5.41) is 21.6. The van der Waals surface area contributed by atoms with Crippen molar-refractivity contribution in [3.63, 3.8) is 0 Å². The molecule has 0 aromatic heterocycles. The van der Waals surface area contributed by atoms with Crippen LogP contribution in [0.1, 0.15) is 31.7 Å². The average molecular weight is 230 g/mol. The molecule has 2 aromatic carbocycles. The Labute approximate surface area is 102 Å². The molecule has 0 spiro atoms. The van der Waals surface area contributed by atoms with E-state index < -0.39 is 0 Å². The SMILES string of the molecule is CCCCCc1cc2ccccc2c(O)c1O. The van der Waals surface area contributed by atoms with Crippen molar-refractivity contribution >= 4 is 10.8 Å². The summed E-state index contributed by atoms with van der Waals surface area (Å²) in [6.07, 6.45) is 4.16. The summed E-state index contributed by atoms with van der Waals surface area (Å²) in [5.74, 6) is 0.0504. The predicted molar refractivity (Wildman–Crippen MR) is 70.5 cm³/mol. The lowest BCUT2D eigenvalue weighted by Crippen LogP contribution is -1.88. The molecule has 0 fully saturated rings. The molecule has 2 nitrogen and oxygen atoms in total. The van der Waals surface area contributed by atoms with Crippen LogP contribution in [-0.4, -0.2) is 10.2 Å². The van der Waals surface area contributed by atoms with E-state index in [2.05, 4.69) is 6.92 Å². The first-order valence-electron chi connectivity index (χ1n) is 6.16. The molecule has 2 heteroatoms. The van der Waals surface area contributed by atoms with E-state index in [4.69, 9.17) is 0 Å². The van der Waals surface area contributed by atoms with E-state index in [-0.39, 0.29) is 11.5 Å². The predicted octanol–water partition coefficient (Wildman–Crippen LogP) is 3.98. The lowest BCUT2D eigenvalue weighted by molar-refractivity contribution is 0.403. The molecule has 0 aliphatic rings. The highest BCUT2D eigenvalue weighted by molar-refractivity contribution is 5.91. The molecule has 0 aliphatic heterocycles. The minimum Gasteiger partial charge on any atom is -0.504 e. The number of unbranched alkanes of at least 4 members (excludes halogenated alkanes) is 2. The van der Waals surface area contributed by atoms with Crippen molar-refractivity contribution in [2.45, 2.75) is 32.6 Å². The van der Waals surface area contributed by atoms with Gasteiger partial charge >= 0.3 is 0 Å². The van der Waals surface area contributed by atoms with Gasteiger partial charge in [0.25, 0.3) is 0 Å². The summed E-state index contributed by atoms with van der Waals surface area (Å²) in [5.41, 5.74) is 0.842. The van der Waals surface area contributed by atoms with E-state index in [1.165, 1.54) is 0 Å². The molecular weight excluding hydrogens is 212 g/mol. The number of phenolic OH excluding ortho intramolecular Hbond substituents is 2. The lowest BCUT2D eigenvalue weighted by Gasteiger charge is -2.09. The topological polar surface area (TPSA) is 40.5 Å². The normalized spacial score (nSPS) is 10.9. The molecule has 0 saturated heterocycles. The second-order valence-corrected chi connectivity index (χ2v) is 4.41. The number of hydrogen-bond donors (Lipinski definition) is 2. The maximum Gasteiger partial charge on any atom is 0.165 e. The zero-order valence-corrected chi connectivity index (χ0v) is 10.1. The van der Waals surface area contributed by atoms with Crippen LogP contribution in [0.2, 0.25) is 0 Å². The summed E-state index contributed by atoms with van der Waals surface area (Å²) >= 11 is 0. The smallest absolute Gasteiger partial charge is 0.165 e. The molecule has 0 atom stereocenters. The van der Waals surface area contributed by atoms with E-state index >= 15 is 0 Å². The van der Waals surface area contributed by atoms with Crippen LogP contribution in [0, 0.1) is 0 Å². The maximum absolute atomic E-state index is 9.95. The third-order valence-corrected chi connectivity index (χ3v) is 3.12. The Hall–Kier alpha value is -1.70. The molecule has 0 heterocycles. The fourth-order valence-corrected chi connectivity index (χ4v) is 2.13. The van der Waals surface area contributed by atoms with Gasteiger partial charge < -0.3 is 10.2 Å². The van der Waals surface area contributed by atoms with Gasteiger partial charge in [0.2, 0.25) is 0 Å². The standard InChI is InChI=1S/C15H18O2/c1-2-3-4-8-12-10-11-7-5-6-9-13(11)15(17)14(12)16/h5-7,9-10,16-17H,2-4,8H2,1H3. The number of hydrogen-bond acceptors (Lipinski definition) is 2. The summed E-state index contributed by atoms with van der Waals surface area (Å²) in [6.45, 7) is 2.15. The van der Waals surface area contributed by atoms with Gasteiger partial charge in [0.05, 0.1) is 0 Å². The molecule has 0 saturated carbocycles. The Bertz CT molecular complexity index is 518. The van der Waals surface area contributed by atoms with Crippen LogP contribution in [0.4, 0.5) is 0 Å². The van der Waals surface area contributed by atoms with Crippen LogP contribution >= 0.6 is 0 Å². The Balaban J connectivity index is 2.39. The van der Waals surface area contributed by atoms with Gasteiger partial charge in [0.1, 0.15) is 0 Å². The van der Waals surface area contributed by atoms with Crippen LogP contribution in [0.15, 0.2) is 30.3 Å². The number of benzene rings is 2. The highest BCUT2D eigenvalue weighted by Gasteiger charge is 2.10. The van der Waals surface area contributed by atoms with Gasteiger partial charge in [-0.05, 0) is 29.9 Å². The largest absolute Gasteiger partial charge is 0.504 e. The van der Waals surface area contributed by atoms with Crippen molar-refractivity contribution in [2.75, 3.05) is 0 Å². The van der Waals surface area contributed by atoms with Crippen molar-refractivity contribution in [1.82, 2.24) is 0 Å². The molecule has 17 heavy (non-hydrogen) atoms. The van der Waals surface area contributed by atoms with Gasteiger partial charge in [-0.2, -0.15) is 0 Å². The number of phenols is 2. The highest BCUT2D eigenvalue weighted by atomic mass is 16.3. The van der Waals surface area contributed by atoms with Gasteiger partial charge in [-0.3, -0.25) is 0 Å². The first kappa shape index (κ1) is 11.8. The fraction of sp³-hybridized carbons (Fsp3) is 0.333. The van der Waals surface area contributed by atoms with Crippen molar-refractivity contribution in [2.24, 2.45) is 0 Å². The molecule has 0 unspecified atom stereocenters. The molecule has 2 rings (SSSR count). The summed E-state index contributed by atoms with van der Waals surface area (Å²) in [4.78, 5) is 0. The van der Waals surface area contributed by atoms with Gasteiger partial charge in [-0.15, -0.1) is 0 Å². The van der Waals surface area contributed by atoms with Gasteiger partial charge in [0, 0.05) is 5.39 Å². The zero-order chi connectivity index (χ0) is 12.3. The van der Waals surface area contributed by atoms with Crippen LogP contribution in [0.5, 0.6) is 11.5 Å². The summed E-state index contributed by atoms with van der Waals surface area (Å²) < 4.78 is 0. The number of fused-ring (bicyclic) bond motifs is 1. The third kappa shape index (κ3) is 2.36. The molecule has 2 N–H and O–H groups in total. The Morgan fingerprint density at radius 2 is 1.76 bits per heavy atom. The Kier molecular flexibility index (Phi) is 3.52. The van der Waals surface area contributed by atoms with E-state index in [9.17, 15) is 10.2 Å². The van der Waals surface area contributed by atoms with Crippen molar-refractivity contribution < 1.29 is 10.2 Å². The van der Waals surface area contributed by atoms with Crippen LogP contribution in [0.25, 0.3) is 10.8 Å². The molecule has 90 valence electrons. The molecule has 0 bridgehead atoms. The highest BCUT2D eigenvalue weighted by Crippen LogP contribution is 2.37. The molecule has 2 aromatic rings. The zero-order valence-electron chi connectivity index (χ0n) is 10.1. The van der Waals surface area contributed by atoms with Crippen molar-refractivity contribution in [1.29, 1.82) is 0 Å². The van der Waals surface area contributed by atoms with Gasteiger partial charge in [0.15, 0.2) is 11.5 Å². The first-order chi connectivity index (χ1) is 8.24. The fourth-order valence-electron chi connectivity index (χ4n) is 2.13. The minimum absolute atomic E-state index is 0.00889. The summed E-state index contributed by atoms with van der Waals surface area (Å²) in [6, 6.07) is 9.55. The maximum atomic E-state index is 9.95. The monoisotopic (exact) mass is 230 g/mol. The lowest BCUT2D eigenvalue weighted by atomic mass is 10.0. The quantitative estimate of drug-likeness (QED) is 0.616. The third-order valence-electron chi connectivity index (χ3n) is 3.12. The van der Waals surface area contributed by atoms with E-state index in [0.29, 0.717) is 5.39 Å².